The number of amides is 2. The second-order valence-corrected chi connectivity index (χ2v) is 9.00. The number of fused-ring (bicyclic) bond motifs is 1. The first-order valence-electron chi connectivity index (χ1n) is 11.4. The van der Waals surface area contributed by atoms with Gasteiger partial charge in [0.05, 0.1) is 11.9 Å². The summed E-state index contributed by atoms with van der Waals surface area (Å²) >= 11 is 0. The number of aryl methyl sites for hydroxylation is 1. The van der Waals surface area contributed by atoms with Gasteiger partial charge in [-0.25, -0.2) is 9.50 Å². The number of aromatic nitrogens is 5. The lowest BCUT2D eigenvalue weighted by Crippen LogP contribution is -2.26. The summed E-state index contributed by atoms with van der Waals surface area (Å²) in [6.45, 7) is 2.13. The maximum atomic E-state index is 13.2. The largest absolute Gasteiger partial charge is 0.347 e. The molecule has 0 bridgehead atoms. The van der Waals surface area contributed by atoms with Crippen molar-refractivity contribution in [2.24, 2.45) is 0 Å². The third kappa shape index (κ3) is 4.05. The van der Waals surface area contributed by atoms with Crippen molar-refractivity contribution in [1.82, 2.24) is 29.3 Å². The highest BCUT2D eigenvalue weighted by Gasteiger charge is 2.26. The Morgan fingerprint density at radius 2 is 2.06 bits per heavy atom. The maximum Gasteiger partial charge on any atom is 0.261 e. The Bertz CT molecular complexity index is 1380. The van der Waals surface area contributed by atoms with Gasteiger partial charge in [-0.1, -0.05) is 24.1 Å². The van der Waals surface area contributed by atoms with E-state index in [1.165, 1.54) is 23.1 Å². The Morgan fingerprint density at radius 3 is 2.79 bits per heavy atom. The summed E-state index contributed by atoms with van der Waals surface area (Å²) in [6.07, 6.45) is 10.1. The zero-order chi connectivity index (χ0) is 23.8. The molecule has 0 aliphatic heterocycles. The molecule has 0 atom stereocenters. The molecule has 1 saturated carbocycles. The first-order valence-corrected chi connectivity index (χ1v) is 11.4. The monoisotopic (exact) mass is 457 g/mol. The smallest absolute Gasteiger partial charge is 0.261 e. The number of likely N-dealkylation sites (N-methyl/N-ethyl adjacent to an activating group) is 1. The molecule has 0 unspecified atom stereocenters. The Morgan fingerprint density at radius 1 is 1.24 bits per heavy atom. The summed E-state index contributed by atoms with van der Waals surface area (Å²) in [5.41, 5.74) is 5.40. The molecule has 174 valence electrons. The van der Waals surface area contributed by atoms with Crippen LogP contribution in [0.25, 0.3) is 16.9 Å². The molecular formula is C25H27N7O2. The normalized spacial score (nSPS) is 13.6. The number of carbonyl (C=O) groups is 2. The average Bonchev–Trinajstić information content (AvgIpc) is 3.37. The lowest BCUT2D eigenvalue weighted by Gasteiger charge is -2.28. The van der Waals surface area contributed by atoms with E-state index >= 15 is 0 Å². The van der Waals surface area contributed by atoms with Crippen molar-refractivity contribution in [3.05, 3.63) is 65.7 Å². The van der Waals surface area contributed by atoms with Crippen LogP contribution in [0.4, 0.5) is 5.69 Å². The Hall–Kier alpha value is -4.01. The molecule has 3 heterocycles. The van der Waals surface area contributed by atoms with Crippen LogP contribution in [0.15, 0.2) is 49.1 Å². The van der Waals surface area contributed by atoms with Gasteiger partial charge in [0.1, 0.15) is 17.8 Å². The summed E-state index contributed by atoms with van der Waals surface area (Å²) in [7, 11) is 3.42. The van der Waals surface area contributed by atoms with Gasteiger partial charge in [0.25, 0.3) is 5.91 Å². The Kier molecular flexibility index (Phi) is 5.61. The van der Waals surface area contributed by atoms with Crippen molar-refractivity contribution >= 4 is 23.1 Å². The van der Waals surface area contributed by atoms with E-state index in [0.29, 0.717) is 28.5 Å². The number of benzene rings is 1. The molecule has 5 rings (SSSR count). The van der Waals surface area contributed by atoms with Gasteiger partial charge in [-0.15, -0.1) is 0 Å². The van der Waals surface area contributed by atoms with Crippen LogP contribution in [0.1, 0.15) is 46.7 Å². The number of carbonyl (C=O) groups excluding carboxylic acids is 2. The van der Waals surface area contributed by atoms with E-state index in [2.05, 4.69) is 33.6 Å². The lowest BCUT2D eigenvalue weighted by molar-refractivity contribution is -0.129. The predicted octanol–water partition coefficient (Wildman–Crippen LogP) is 3.51. The van der Waals surface area contributed by atoms with Crippen molar-refractivity contribution in [1.29, 1.82) is 0 Å². The average molecular weight is 458 g/mol. The zero-order valence-corrected chi connectivity index (χ0v) is 19.5. The highest BCUT2D eigenvalue weighted by atomic mass is 16.2. The van der Waals surface area contributed by atoms with Gasteiger partial charge in [-0.2, -0.15) is 10.2 Å². The SMILES string of the molecule is Cc1ccc(C2CCC2)c(-c2nn(CC(=O)N(C)C)cc2NC(=O)c2cnn3cccnc23)c1. The molecule has 1 aromatic carbocycles. The molecular weight excluding hydrogens is 430 g/mol. The van der Waals surface area contributed by atoms with Crippen molar-refractivity contribution in [3.63, 3.8) is 0 Å². The molecule has 1 fully saturated rings. The van der Waals surface area contributed by atoms with Gasteiger partial charge < -0.3 is 10.2 Å². The van der Waals surface area contributed by atoms with E-state index in [1.807, 2.05) is 6.92 Å². The molecule has 0 radical (unpaired) electrons. The highest BCUT2D eigenvalue weighted by Crippen LogP contribution is 2.42. The van der Waals surface area contributed by atoms with Crippen LogP contribution in [0.3, 0.4) is 0 Å². The quantitative estimate of drug-likeness (QED) is 0.478. The van der Waals surface area contributed by atoms with Crippen LogP contribution >= 0.6 is 0 Å². The van der Waals surface area contributed by atoms with Crippen LogP contribution in [-0.2, 0) is 11.3 Å². The van der Waals surface area contributed by atoms with Crippen molar-refractivity contribution in [3.8, 4) is 11.3 Å². The van der Waals surface area contributed by atoms with Gasteiger partial charge in [0, 0.05) is 38.2 Å². The Balaban J connectivity index is 1.56. The molecule has 1 N–H and O–H groups in total. The van der Waals surface area contributed by atoms with Crippen LogP contribution in [0.5, 0.6) is 0 Å². The number of nitrogens with zero attached hydrogens (tertiary/aromatic N) is 6. The first kappa shape index (κ1) is 21.8. The fourth-order valence-corrected chi connectivity index (χ4v) is 4.20. The van der Waals surface area contributed by atoms with Crippen LogP contribution in [0.2, 0.25) is 0 Å². The maximum absolute atomic E-state index is 13.2. The van der Waals surface area contributed by atoms with E-state index in [4.69, 9.17) is 5.10 Å². The molecule has 3 aromatic heterocycles. The minimum absolute atomic E-state index is 0.0813. The van der Waals surface area contributed by atoms with Crippen molar-refractivity contribution in [2.45, 2.75) is 38.6 Å². The second-order valence-electron chi connectivity index (χ2n) is 9.00. The van der Waals surface area contributed by atoms with E-state index in [0.717, 1.165) is 24.0 Å². The molecule has 9 heteroatoms. The molecule has 1 aliphatic rings. The summed E-state index contributed by atoms with van der Waals surface area (Å²) in [4.78, 5) is 31.4. The van der Waals surface area contributed by atoms with E-state index in [-0.39, 0.29) is 18.4 Å². The van der Waals surface area contributed by atoms with Crippen LogP contribution in [-0.4, -0.2) is 55.2 Å². The first-order chi connectivity index (χ1) is 16.4. The third-order valence-corrected chi connectivity index (χ3v) is 6.34. The molecule has 2 amide bonds. The van der Waals surface area contributed by atoms with E-state index < -0.39 is 0 Å². The summed E-state index contributed by atoms with van der Waals surface area (Å²) in [5.74, 6) is 0.0741. The molecule has 4 aromatic rings. The Labute approximate surface area is 197 Å². The zero-order valence-electron chi connectivity index (χ0n) is 19.5. The third-order valence-electron chi connectivity index (χ3n) is 6.34. The van der Waals surface area contributed by atoms with Gasteiger partial charge in [-0.3, -0.25) is 14.3 Å². The van der Waals surface area contributed by atoms with Crippen LogP contribution < -0.4 is 5.32 Å². The highest BCUT2D eigenvalue weighted by molar-refractivity contribution is 6.09. The number of rotatable bonds is 6. The summed E-state index contributed by atoms with van der Waals surface area (Å²) in [5, 5.41) is 12.0. The molecule has 1 aliphatic carbocycles. The van der Waals surface area contributed by atoms with E-state index in [9.17, 15) is 9.59 Å². The number of hydrogen-bond acceptors (Lipinski definition) is 5. The lowest BCUT2D eigenvalue weighted by atomic mass is 9.77. The van der Waals surface area contributed by atoms with E-state index in [1.54, 1.807) is 47.9 Å². The number of hydrogen-bond donors (Lipinski definition) is 1. The minimum Gasteiger partial charge on any atom is -0.347 e. The number of nitrogens with one attached hydrogen (secondary N) is 1. The standard InChI is InChI=1S/C25H27N7O2/c1-16-8-9-18(17-6-4-7-17)19(12-16)23-21(14-31(29-23)15-22(33)30(2)3)28-25(34)20-13-27-32-11-5-10-26-24(20)32/h5,8-14,17H,4,6-7,15H2,1-3H3,(H,28,34). The topological polar surface area (TPSA) is 97.4 Å². The summed E-state index contributed by atoms with van der Waals surface area (Å²) < 4.78 is 3.15. The van der Waals surface area contributed by atoms with Gasteiger partial charge in [0.2, 0.25) is 5.91 Å². The van der Waals surface area contributed by atoms with Gasteiger partial charge in [0.15, 0.2) is 5.65 Å². The van der Waals surface area contributed by atoms with Gasteiger partial charge in [-0.05, 0) is 43.4 Å². The molecule has 0 spiro atoms. The van der Waals surface area contributed by atoms with Gasteiger partial charge >= 0.3 is 0 Å². The van der Waals surface area contributed by atoms with Crippen molar-refractivity contribution in [2.75, 3.05) is 19.4 Å². The second kappa shape index (κ2) is 8.74. The fraction of sp³-hybridized carbons (Fsp3) is 0.320. The fourth-order valence-electron chi connectivity index (χ4n) is 4.20. The molecule has 34 heavy (non-hydrogen) atoms. The predicted molar refractivity (Wildman–Crippen MR) is 129 cm³/mol. The minimum atomic E-state index is -0.328. The van der Waals surface area contributed by atoms with Crippen molar-refractivity contribution < 1.29 is 9.59 Å². The number of anilines is 1. The summed E-state index contributed by atoms with van der Waals surface area (Å²) in [6, 6.07) is 8.15. The van der Waals surface area contributed by atoms with Crippen LogP contribution in [0, 0.1) is 6.92 Å². The molecule has 0 saturated heterocycles. The molecule has 9 nitrogen and oxygen atoms in total.